The van der Waals surface area contributed by atoms with Crippen LogP contribution in [0, 0.1) is 10.1 Å². The van der Waals surface area contributed by atoms with Crippen LogP contribution in [0.1, 0.15) is 35.1 Å². The van der Waals surface area contributed by atoms with Crippen molar-refractivity contribution in [3.63, 3.8) is 0 Å². The summed E-state index contributed by atoms with van der Waals surface area (Å²) in [5, 5.41) is 20.3. The van der Waals surface area contributed by atoms with Crippen LogP contribution >= 0.6 is 0 Å². The molecule has 1 aromatic carbocycles. The number of nitro benzene ring substituents is 1. The smallest absolute Gasteiger partial charge is 0.293 e. The van der Waals surface area contributed by atoms with Gasteiger partial charge < -0.3 is 14.5 Å². The highest BCUT2D eigenvalue weighted by Crippen LogP contribution is 2.35. The monoisotopic (exact) mass is 422 g/mol. The molecule has 10 heteroatoms. The minimum Gasteiger partial charge on any atom is -0.378 e. The maximum absolute atomic E-state index is 13.4. The molecular formula is C21H22N6O4. The van der Waals surface area contributed by atoms with Crippen LogP contribution in [-0.4, -0.2) is 63.2 Å². The van der Waals surface area contributed by atoms with Gasteiger partial charge in [0, 0.05) is 37.5 Å². The van der Waals surface area contributed by atoms with Crippen LogP contribution in [0.25, 0.3) is 5.65 Å². The van der Waals surface area contributed by atoms with Crippen molar-refractivity contribution >= 4 is 22.9 Å². The van der Waals surface area contributed by atoms with Gasteiger partial charge in [-0.2, -0.15) is 0 Å². The first-order valence-corrected chi connectivity index (χ1v) is 10.4. The number of likely N-dealkylation sites (tertiary alicyclic amines) is 1. The second kappa shape index (κ2) is 7.95. The maximum Gasteiger partial charge on any atom is 0.293 e. The molecule has 3 aromatic rings. The second-order valence-electron chi connectivity index (χ2n) is 7.70. The first kappa shape index (κ1) is 19.4. The number of carbonyl (C=O) groups is 1. The lowest BCUT2D eigenvalue weighted by atomic mass is 10.1. The van der Waals surface area contributed by atoms with E-state index < -0.39 is 4.92 Å². The van der Waals surface area contributed by atoms with Gasteiger partial charge in [0.05, 0.1) is 24.2 Å². The number of pyridine rings is 1. The number of benzene rings is 1. The van der Waals surface area contributed by atoms with Crippen molar-refractivity contribution < 1.29 is 14.5 Å². The summed E-state index contributed by atoms with van der Waals surface area (Å²) >= 11 is 0. The lowest BCUT2D eigenvalue weighted by Gasteiger charge is -2.29. The Balaban J connectivity index is 1.46. The average molecular weight is 422 g/mol. The number of amides is 1. The summed E-state index contributed by atoms with van der Waals surface area (Å²) in [6.45, 7) is 2.80. The molecule has 1 unspecified atom stereocenters. The number of carbonyl (C=O) groups excluding carboxylic acids is 1. The molecule has 0 N–H and O–H groups in total. The van der Waals surface area contributed by atoms with E-state index in [-0.39, 0.29) is 17.6 Å². The van der Waals surface area contributed by atoms with Crippen LogP contribution in [0.5, 0.6) is 0 Å². The van der Waals surface area contributed by atoms with Crippen LogP contribution < -0.4 is 4.90 Å². The number of anilines is 1. The average Bonchev–Trinajstić information content (AvgIpc) is 3.45. The van der Waals surface area contributed by atoms with Gasteiger partial charge in [0.25, 0.3) is 11.6 Å². The van der Waals surface area contributed by atoms with Gasteiger partial charge in [0.1, 0.15) is 5.69 Å². The minimum absolute atomic E-state index is 0.0589. The van der Waals surface area contributed by atoms with Crippen LogP contribution in [-0.2, 0) is 4.74 Å². The summed E-state index contributed by atoms with van der Waals surface area (Å²) in [6.07, 6.45) is 3.50. The van der Waals surface area contributed by atoms with Crippen LogP contribution in [0.3, 0.4) is 0 Å². The number of nitro groups is 1. The number of nitrogens with zero attached hydrogens (tertiary/aromatic N) is 6. The van der Waals surface area contributed by atoms with Crippen LogP contribution in [0.2, 0.25) is 0 Å². The fourth-order valence-corrected chi connectivity index (χ4v) is 4.41. The molecule has 160 valence electrons. The molecule has 0 bridgehead atoms. The summed E-state index contributed by atoms with van der Waals surface area (Å²) < 4.78 is 7.23. The number of ether oxygens (including phenoxy) is 1. The van der Waals surface area contributed by atoms with Gasteiger partial charge >= 0.3 is 0 Å². The molecule has 2 aliphatic rings. The fourth-order valence-electron chi connectivity index (χ4n) is 4.41. The van der Waals surface area contributed by atoms with E-state index in [2.05, 4.69) is 10.2 Å². The predicted molar refractivity (Wildman–Crippen MR) is 112 cm³/mol. The maximum atomic E-state index is 13.4. The van der Waals surface area contributed by atoms with E-state index in [0.717, 1.165) is 18.5 Å². The lowest BCUT2D eigenvalue weighted by Crippen LogP contribution is -2.36. The third-order valence-corrected chi connectivity index (χ3v) is 5.92. The Morgan fingerprint density at radius 2 is 1.97 bits per heavy atom. The molecule has 2 saturated heterocycles. The van der Waals surface area contributed by atoms with E-state index >= 15 is 0 Å². The standard InChI is InChI=1S/C21H22N6O4/c28-21(15-6-7-16(18(14-15)27(29)30)24-10-12-31-13-11-24)25-9-3-4-17(25)20-23-22-19-5-1-2-8-26(19)20/h1-2,5-8,14,17H,3-4,9-13H2. The van der Waals surface area contributed by atoms with E-state index in [9.17, 15) is 14.9 Å². The van der Waals surface area contributed by atoms with Crippen molar-refractivity contribution in [3.05, 3.63) is 64.1 Å². The highest BCUT2D eigenvalue weighted by Gasteiger charge is 2.34. The van der Waals surface area contributed by atoms with Crippen molar-refractivity contribution in [2.24, 2.45) is 0 Å². The molecule has 0 spiro atoms. The lowest BCUT2D eigenvalue weighted by molar-refractivity contribution is -0.384. The Kier molecular flexibility index (Phi) is 4.99. The van der Waals surface area contributed by atoms with Crippen molar-refractivity contribution in [1.29, 1.82) is 0 Å². The molecular weight excluding hydrogens is 400 g/mol. The number of rotatable bonds is 4. The molecule has 0 aliphatic carbocycles. The summed E-state index contributed by atoms with van der Waals surface area (Å²) in [5.41, 5.74) is 1.49. The predicted octanol–water partition coefficient (Wildman–Crippen LogP) is 2.45. The van der Waals surface area contributed by atoms with Gasteiger partial charge in [0.2, 0.25) is 0 Å². The van der Waals surface area contributed by atoms with Gasteiger partial charge in [-0.15, -0.1) is 10.2 Å². The quantitative estimate of drug-likeness (QED) is 0.470. The van der Waals surface area contributed by atoms with Crippen molar-refractivity contribution in [3.8, 4) is 0 Å². The second-order valence-corrected chi connectivity index (χ2v) is 7.70. The third kappa shape index (κ3) is 3.48. The first-order chi connectivity index (χ1) is 15.1. The van der Waals surface area contributed by atoms with Gasteiger partial charge in [-0.05, 0) is 37.1 Å². The van der Waals surface area contributed by atoms with Gasteiger partial charge in [-0.25, -0.2) is 0 Å². The molecule has 0 radical (unpaired) electrons. The summed E-state index contributed by atoms with van der Waals surface area (Å²) in [5.74, 6) is 0.479. The Morgan fingerprint density at radius 3 is 2.77 bits per heavy atom. The highest BCUT2D eigenvalue weighted by atomic mass is 16.6. The zero-order valence-corrected chi connectivity index (χ0v) is 16.9. The van der Waals surface area contributed by atoms with Crippen LogP contribution in [0.4, 0.5) is 11.4 Å². The zero-order valence-electron chi connectivity index (χ0n) is 16.9. The highest BCUT2D eigenvalue weighted by molar-refractivity contribution is 5.96. The summed E-state index contributed by atoms with van der Waals surface area (Å²) in [4.78, 5) is 28.4. The van der Waals surface area contributed by atoms with Crippen LogP contribution in [0.15, 0.2) is 42.6 Å². The molecule has 2 aliphatic heterocycles. The molecule has 1 amide bonds. The Bertz CT molecular complexity index is 1140. The Morgan fingerprint density at radius 1 is 1.13 bits per heavy atom. The van der Waals surface area contributed by atoms with Crippen molar-refractivity contribution in [2.75, 3.05) is 37.7 Å². The fraction of sp³-hybridized carbons (Fsp3) is 0.381. The normalized spacial score (nSPS) is 19.2. The van der Waals surface area contributed by atoms with Crippen molar-refractivity contribution in [1.82, 2.24) is 19.5 Å². The number of fused-ring (bicyclic) bond motifs is 1. The Hall–Kier alpha value is -3.53. The zero-order chi connectivity index (χ0) is 21.4. The van der Waals surface area contributed by atoms with E-state index in [1.165, 1.54) is 6.07 Å². The van der Waals surface area contributed by atoms with Gasteiger partial charge in [-0.3, -0.25) is 19.3 Å². The van der Waals surface area contributed by atoms with E-state index in [1.807, 2.05) is 33.7 Å². The van der Waals surface area contributed by atoms with E-state index in [0.29, 0.717) is 49.9 Å². The van der Waals surface area contributed by atoms with E-state index in [4.69, 9.17) is 4.74 Å². The van der Waals surface area contributed by atoms with Gasteiger partial charge in [-0.1, -0.05) is 6.07 Å². The van der Waals surface area contributed by atoms with Gasteiger partial charge in [0.15, 0.2) is 11.5 Å². The topological polar surface area (TPSA) is 106 Å². The summed E-state index contributed by atoms with van der Waals surface area (Å²) in [7, 11) is 0. The Labute approximate surface area is 178 Å². The largest absolute Gasteiger partial charge is 0.378 e. The third-order valence-electron chi connectivity index (χ3n) is 5.92. The molecule has 4 heterocycles. The number of aromatic nitrogens is 3. The molecule has 0 saturated carbocycles. The minimum atomic E-state index is -0.422. The summed E-state index contributed by atoms with van der Waals surface area (Å²) in [6, 6.07) is 10.2. The molecule has 2 fully saturated rings. The molecule has 31 heavy (non-hydrogen) atoms. The SMILES string of the molecule is O=C(c1ccc(N2CCOCC2)c([N+](=O)[O-])c1)N1CCCC1c1nnc2ccccn12. The number of hydrogen-bond donors (Lipinski definition) is 0. The van der Waals surface area contributed by atoms with Crippen molar-refractivity contribution in [2.45, 2.75) is 18.9 Å². The number of morpholine rings is 1. The molecule has 1 atom stereocenters. The molecule has 5 rings (SSSR count). The van der Waals surface area contributed by atoms with E-state index in [1.54, 1.807) is 17.0 Å². The number of hydrogen-bond acceptors (Lipinski definition) is 7. The molecule has 10 nitrogen and oxygen atoms in total. The first-order valence-electron chi connectivity index (χ1n) is 10.4. The molecule has 2 aromatic heterocycles.